The first kappa shape index (κ1) is 15.5. The predicted octanol–water partition coefficient (Wildman–Crippen LogP) is 2.91. The number of aryl methyl sites for hydroxylation is 2. The van der Waals surface area contributed by atoms with Gasteiger partial charge in [0.15, 0.2) is 0 Å². The average molecular weight is 269 g/mol. The number of likely N-dealkylation sites (tertiary alicyclic amines) is 1. The van der Waals surface area contributed by atoms with E-state index in [1.165, 1.54) is 42.6 Å². The zero-order chi connectivity index (χ0) is 12.3. The van der Waals surface area contributed by atoms with Gasteiger partial charge in [0.2, 0.25) is 0 Å². The van der Waals surface area contributed by atoms with Crippen LogP contribution in [0.15, 0.2) is 18.2 Å². The third-order valence-corrected chi connectivity index (χ3v) is 3.89. The highest BCUT2D eigenvalue weighted by Gasteiger charge is 2.18. The largest absolute Gasteiger partial charge is 0.316 e. The Bertz CT molecular complexity index is 379. The molecule has 2 rings (SSSR count). The Hall–Kier alpha value is -0.570. The molecule has 1 heterocycles. The van der Waals surface area contributed by atoms with E-state index in [2.05, 4.69) is 49.3 Å². The number of nitrogens with zero attached hydrogens (tertiary/aromatic N) is 1. The molecule has 18 heavy (non-hydrogen) atoms. The highest BCUT2D eigenvalue weighted by atomic mass is 35.5. The van der Waals surface area contributed by atoms with E-state index in [4.69, 9.17) is 0 Å². The summed E-state index contributed by atoms with van der Waals surface area (Å²) in [6.45, 7) is 7.90. The monoisotopic (exact) mass is 268 g/mol. The molecule has 2 nitrogen and oxygen atoms in total. The first-order valence-electron chi connectivity index (χ1n) is 6.65. The van der Waals surface area contributed by atoms with Crippen molar-refractivity contribution in [2.75, 3.05) is 20.1 Å². The molecule has 102 valence electrons. The summed E-state index contributed by atoms with van der Waals surface area (Å²) in [5, 5.41) is 3.40. The van der Waals surface area contributed by atoms with E-state index in [1.807, 2.05) is 0 Å². The van der Waals surface area contributed by atoms with E-state index in [-0.39, 0.29) is 12.4 Å². The molecule has 1 atom stereocenters. The van der Waals surface area contributed by atoms with Crippen LogP contribution in [0.1, 0.15) is 29.5 Å². The molecule has 1 unspecified atom stereocenters. The maximum absolute atomic E-state index is 3.40. The van der Waals surface area contributed by atoms with Gasteiger partial charge in [0, 0.05) is 19.1 Å². The van der Waals surface area contributed by atoms with Crippen LogP contribution in [0.2, 0.25) is 0 Å². The Balaban J connectivity index is 0.00000162. The topological polar surface area (TPSA) is 15.3 Å². The molecule has 3 heteroatoms. The Morgan fingerprint density at radius 2 is 2.06 bits per heavy atom. The van der Waals surface area contributed by atoms with Crippen LogP contribution in [-0.4, -0.2) is 31.1 Å². The molecule has 1 aromatic carbocycles. The Morgan fingerprint density at radius 3 is 2.72 bits per heavy atom. The lowest BCUT2D eigenvalue weighted by Gasteiger charge is -2.32. The van der Waals surface area contributed by atoms with Gasteiger partial charge in [0.25, 0.3) is 0 Å². The van der Waals surface area contributed by atoms with Crippen LogP contribution in [0.4, 0.5) is 0 Å². The summed E-state index contributed by atoms with van der Waals surface area (Å²) in [6, 6.07) is 7.52. The Morgan fingerprint density at radius 1 is 1.28 bits per heavy atom. The first-order chi connectivity index (χ1) is 8.19. The second-order valence-corrected chi connectivity index (χ2v) is 5.28. The molecule has 0 spiro atoms. The summed E-state index contributed by atoms with van der Waals surface area (Å²) in [5.41, 5.74) is 4.25. The molecule has 1 aliphatic heterocycles. The number of rotatable bonds is 3. The van der Waals surface area contributed by atoms with Gasteiger partial charge in [0.1, 0.15) is 0 Å². The van der Waals surface area contributed by atoms with Crippen molar-refractivity contribution in [3.63, 3.8) is 0 Å². The van der Waals surface area contributed by atoms with Crippen LogP contribution in [0, 0.1) is 13.8 Å². The van der Waals surface area contributed by atoms with Gasteiger partial charge < -0.3 is 5.32 Å². The van der Waals surface area contributed by atoms with E-state index < -0.39 is 0 Å². The molecule has 0 amide bonds. The number of likely N-dealkylation sites (N-methyl/N-ethyl adjacent to an activating group) is 1. The van der Waals surface area contributed by atoms with Crippen molar-refractivity contribution in [2.24, 2.45) is 0 Å². The fourth-order valence-corrected chi connectivity index (χ4v) is 2.59. The maximum atomic E-state index is 3.40. The van der Waals surface area contributed by atoms with Crippen LogP contribution in [0.5, 0.6) is 0 Å². The fourth-order valence-electron chi connectivity index (χ4n) is 2.59. The zero-order valence-electron chi connectivity index (χ0n) is 11.7. The quantitative estimate of drug-likeness (QED) is 0.907. The number of piperidine rings is 1. The number of hydrogen-bond acceptors (Lipinski definition) is 2. The number of hydrogen-bond donors (Lipinski definition) is 1. The van der Waals surface area contributed by atoms with Gasteiger partial charge in [-0.25, -0.2) is 0 Å². The zero-order valence-corrected chi connectivity index (χ0v) is 12.5. The van der Waals surface area contributed by atoms with Crippen LogP contribution >= 0.6 is 12.4 Å². The standard InChI is InChI=1S/C15H24N2.ClH/c1-12-6-7-14(9-13(12)2)10-17-8-4-5-15(11-17)16-3;/h6-7,9,15-16H,4-5,8,10-11H2,1-3H3;1H. The van der Waals surface area contributed by atoms with Crippen LogP contribution in [-0.2, 0) is 6.54 Å². The summed E-state index contributed by atoms with van der Waals surface area (Å²) in [7, 11) is 2.07. The summed E-state index contributed by atoms with van der Waals surface area (Å²) >= 11 is 0. The Kier molecular flexibility index (Phi) is 6.13. The van der Waals surface area contributed by atoms with Gasteiger partial charge in [-0.1, -0.05) is 18.2 Å². The summed E-state index contributed by atoms with van der Waals surface area (Å²) in [5.74, 6) is 0. The van der Waals surface area contributed by atoms with E-state index >= 15 is 0 Å². The second kappa shape index (κ2) is 7.13. The van der Waals surface area contributed by atoms with Crippen molar-refractivity contribution < 1.29 is 0 Å². The van der Waals surface area contributed by atoms with Crippen LogP contribution < -0.4 is 5.32 Å². The predicted molar refractivity (Wildman–Crippen MR) is 80.5 cm³/mol. The van der Waals surface area contributed by atoms with Gasteiger partial charge in [-0.2, -0.15) is 0 Å². The minimum absolute atomic E-state index is 0. The van der Waals surface area contributed by atoms with Gasteiger partial charge in [-0.15, -0.1) is 12.4 Å². The normalized spacial score (nSPS) is 20.5. The molecule has 0 aliphatic carbocycles. The number of benzene rings is 1. The van der Waals surface area contributed by atoms with Crippen molar-refractivity contribution in [1.29, 1.82) is 0 Å². The maximum Gasteiger partial charge on any atom is 0.0234 e. The second-order valence-electron chi connectivity index (χ2n) is 5.28. The van der Waals surface area contributed by atoms with Gasteiger partial charge in [0.05, 0.1) is 0 Å². The van der Waals surface area contributed by atoms with Crippen molar-refractivity contribution in [3.05, 3.63) is 34.9 Å². The summed E-state index contributed by atoms with van der Waals surface area (Å²) in [6.07, 6.45) is 2.64. The molecule has 1 fully saturated rings. The summed E-state index contributed by atoms with van der Waals surface area (Å²) in [4.78, 5) is 2.56. The summed E-state index contributed by atoms with van der Waals surface area (Å²) < 4.78 is 0. The van der Waals surface area contributed by atoms with Crippen LogP contribution in [0.25, 0.3) is 0 Å². The highest BCUT2D eigenvalue weighted by Crippen LogP contribution is 2.15. The lowest BCUT2D eigenvalue weighted by molar-refractivity contribution is 0.188. The number of nitrogens with one attached hydrogen (secondary N) is 1. The molecule has 1 aromatic rings. The van der Waals surface area contributed by atoms with E-state index in [1.54, 1.807) is 0 Å². The number of halogens is 1. The first-order valence-corrected chi connectivity index (χ1v) is 6.65. The van der Waals surface area contributed by atoms with Crippen molar-refractivity contribution in [1.82, 2.24) is 10.2 Å². The molecular weight excluding hydrogens is 244 g/mol. The van der Waals surface area contributed by atoms with Crippen molar-refractivity contribution >= 4 is 12.4 Å². The van der Waals surface area contributed by atoms with Gasteiger partial charge in [-0.05, 0) is 57.0 Å². The van der Waals surface area contributed by atoms with Gasteiger partial charge >= 0.3 is 0 Å². The SMILES string of the molecule is CNC1CCCN(Cc2ccc(C)c(C)c2)C1.Cl. The Labute approximate surface area is 117 Å². The lowest BCUT2D eigenvalue weighted by atomic mass is 10.0. The molecule has 1 N–H and O–H groups in total. The molecule has 1 aliphatic rings. The molecule has 1 saturated heterocycles. The van der Waals surface area contributed by atoms with Crippen molar-refractivity contribution in [2.45, 2.75) is 39.3 Å². The third-order valence-electron chi connectivity index (χ3n) is 3.89. The minimum atomic E-state index is 0. The van der Waals surface area contributed by atoms with Gasteiger partial charge in [-0.3, -0.25) is 4.90 Å². The molecular formula is C15H25ClN2. The van der Waals surface area contributed by atoms with E-state index in [0.717, 1.165) is 6.54 Å². The molecule has 0 aromatic heterocycles. The molecule has 0 saturated carbocycles. The highest BCUT2D eigenvalue weighted by molar-refractivity contribution is 5.85. The van der Waals surface area contributed by atoms with E-state index in [9.17, 15) is 0 Å². The van der Waals surface area contributed by atoms with E-state index in [0.29, 0.717) is 6.04 Å². The van der Waals surface area contributed by atoms with Crippen molar-refractivity contribution in [3.8, 4) is 0 Å². The lowest BCUT2D eigenvalue weighted by Crippen LogP contribution is -2.43. The third kappa shape index (κ3) is 3.98. The smallest absolute Gasteiger partial charge is 0.0234 e. The molecule has 0 radical (unpaired) electrons. The fraction of sp³-hybridized carbons (Fsp3) is 0.600. The molecule has 0 bridgehead atoms. The minimum Gasteiger partial charge on any atom is -0.316 e. The van der Waals surface area contributed by atoms with Crippen LogP contribution in [0.3, 0.4) is 0 Å². The average Bonchev–Trinajstić information content (AvgIpc) is 2.34.